The Bertz CT molecular complexity index is 900. The molecule has 0 aliphatic carbocycles. The van der Waals surface area contributed by atoms with Gasteiger partial charge in [-0.2, -0.15) is 11.8 Å². The Morgan fingerprint density at radius 2 is 1.20 bits per heavy atom. The van der Waals surface area contributed by atoms with Crippen LogP contribution in [-0.4, -0.2) is 189 Å². The Kier molecular flexibility index (Phi) is 24.0. The highest BCUT2D eigenvalue weighted by molar-refractivity contribution is 7.99. The van der Waals surface area contributed by atoms with Gasteiger partial charge in [0.2, 0.25) is 18.5 Å². The Morgan fingerprint density at radius 1 is 0.717 bits per heavy atom. The van der Waals surface area contributed by atoms with Crippen LogP contribution in [-0.2, 0) is 33.4 Å². The van der Waals surface area contributed by atoms with Crippen LogP contribution in [0.1, 0.15) is 33.1 Å². The molecule has 0 aromatic carbocycles. The van der Waals surface area contributed by atoms with Crippen LogP contribution in [0.4, 0.5) is 0 Å². The van der Waals surface area contributed by atoms with Crippen molar-refractivity contribution in [1.29, 1.82) is 0 Å². The number of thioether (sulfide) groups is 1. The van der Waals surface area contributed by atoms with Crippen molar-refractivity contribution in [2.24, 2.45) is 0 Å². The predicted molar refractivity (Wildman–Crippen MR) is 164 cm³/mol. The molecule has 0 fully saturated rings. The normalized spacial score (nSPS) is 14.3. The third kappa shape index (κ3) is 23.7. The highest BCUT2D eigenvalue weighted by atomic mass is 32.2. The number of hydrogen-bond donors (Lipinski definition) is 8. The van der Waals surface area contributed by atoms with Crippen molar-refractivity contribution in [1.82, 2.24) is 20.0 Å². The van der Waals surface area contributed by atoms with Gasteiger partial charge in [-0.3, -0.25) is 38.7 Å². The third-order valence-corrected chi connectivity index (χ3v) is 7.30. The summed E-state index contributed by atoms with van der Waals surface area (Å²) >= 11 is 1.49. The quantitative estimate of drug-likeness (QED) is 0.0291. The maximum Gasteiger partial charge on any atom is 0.317 e. The Labute approximate surface area is 272 Å². The molecule has 1 amide bonds. The lowest BCUT2D eigenvalue weighted by Crippen LogP contribution is -2.46. The van der Waals surface area contributed by atoms with Crippen LogP contribution in [0.5, 0.6) is 0 Å². The lowest BCUT2D eigenvalue weighted by molar-refractivity contribution is -0.273. The van der Waals surface area contributed by atoms with Gasteiger partial charge in [0.05, 0.1) is 51.5 Å². The van der Waals surface area contributed by atoms with Crippen molar-refractivity contribution in [3.63, 3.8) is 0 Å². The van der Waals surface area contributed by atoms with Gasteiger partial charge in [0, 0.05) is 38.5 Å². The first-order valence-electron chi connectivity index (χ1n) is 14.8. The number of nitrogens with zero attached hydrogens (tertiary/aromatic N) is 3. The fourth-order valence-electron chi connectivity index (χ4n) is 4.05. The van der Waals surface area contributed by atoms with E-state index in [9.17, 15) is 49.5 Å². The topological polar surface area (TPSA) is 267 Å². The number of aliphatic hydroxyl groups excluding tert-OH is 3. The van der Waals surface area contributed by atoms with Crippen molar-refractivity contribution in [2.75, 3.05) is 83.6 Å². The number of carboxylic acids is 4. The SMILES string of the molecule is CCCC(OC(O)[C@H](O)OCCCSCCNC(=O)CN(CCN(CCN(CC(=O)O)CC(=O)O)CC(=O)O)CC(=O)O)[C@H](C)O. The third-order valence-electron chi connectivity index (χ3n) is 6.23. The van der Waals surface area contributed by atoms with Gasteiger partial charge in [-0.1, -0.05) is 13.3 Å². The van der Waals surface area contributed by atoms with Crippen LogP contribution in [0.2, 0.25) is 0 Å². The van der Waals surface area contributed by atoms with Crippen molar-refractivity contribution in [3.05, 3.63) is 0 Å². The first-order chi connectivity index (χ1) is 21.6. The zero-order valence-corrected chi connectivity index (χ0v) is 27.2. The number of carbonyl (C=O) groups is 5. The van der Waals surface area contributed by atoms with E-state index in [1.807, 2.05) is 6.92 Å². The summed E-state index contributed by atoms with van der Waals surface area (Å²) in [5.41, 5.74) is 0. The van der Waals surface area contributed by atoms with E-state index in [-0.39, 0.29) is 45.9 Å². The van der Waals surface area contributed by atoms with Crippen LogP contribution < -0.4 is 5.32 Å². The van der Waals surface area contributed by atoms with Gasteiger partial charge in [0.25, 0.3) is 0 Å². The first kappa shape index (κ1) is 43.4. The van der Waals surface area contributed by atoms with Crippen molar-refractivity contribution >= 4 is 41.5 Å². The highest BCUT2D eigenvalue weighted by Gasteiger charge is 2.24. The number of hydrogen-bond acceptors (Lipinski definition) is 14. The molecule has 18 nitrogen and oxygen atoms in total. The van der Waals surface area contributed by atoms with E-state index in [0.29, 0.717) is 24.3 Å². The van der Waals surface area contributed by atoms with Crippen molar-refractivity contribution < 1.29 is 69.2 Å². The van der Waals surface area contributed by atoms with E-state index in [4.69, 9.17) is 19.7 Å². The molecule has 0 aliphatic rings. The monoisotopic (exact) mass is 686 g/mol. The molecule has 0 bridgehead atoms. The molecule has 0 rings (SSSR count). The van der Waals surface area contributed by atoms with Gasteiger partial charge in [-0.25, -0.2) is 0 Å². The zero-order chi connectivity index (χ0) is 35.1. The Hall–Kier alpha value is -2.62. The number of rotatable bonds is 30. The van der Waals surface area contributed by atoms with Crippen LogP contribution >= 0.6 is 11.8 Å². The summed E-state index contributed by atoms with van der Waals surface area (Å²) in [5, 5.41) is 68.7. The molecule has 0 saturated heterocycles. The van der Waals surface area contributed by atoms with Crippen LogP contribution in [0.3, 0.4) is 0 Å². The summed E-state index contributed by atoms with van der Waals surface area (Å²) in [5.74, 6) is -4.18. The van der Waals surface area contributed by atoms with Gasteiger partial charge >= 0.3 is 23.9 Å². The van der Waals surface area contributed by atoms with E-state index in [0.717, 1.165) is 11.3 Å². The summed E-state index contributed by atoms with van der Waals surface area (Å²) in [7, 11) is 0. The average molecular weight is 687 g/mol. The van der Waals surface area contributed by atoms with Crippen molar-refractivity contribution in [2.45, 2.75) is 57.9 Å². The van der Waals surface area contributed by atoms with Crippen molar-refractivity contribution in [3.8, 4) is 0 Å². The summed E-state index contributed by atoms with van der Waals surface area (Å²) in [6.45, 7) is 1.48. The molecule has 2 unspecified atom stereocenters. The fourth-order valence-corrected chi connectivity index (χ4v) is 4.83. The molecule has 19 heteroatoms. The second kappa shape index (κ2) is 25.5. The minimum Gasteiger partial charge on any atom is -0.480 e. The zero-order valence-electron chi connectivity index (χ0n) is 26.4. The molecular weight excluding hydrogens is 636 g/mol. The highest BCUT2D eigenvalue weighted by Crippen LogP contribution is 2.12. The first-order valence-corrected chi connectivity index (χ1v) is 16.0. The average Bonchev–Trinajstić information content (AvgIpc) is 2.93. The van der Waals surface area contributed by atoms with Gasteiger partial charge in [0.15, 0.2) is 0 Å². The number of nitrogens with one attached hydrogen (secondary N) is 1. The molecule has 268 valence electrons. The number of aliphatic hydroxyl groups is 3. The summed E-state index contributed by atoms with van der Waals surface area (Å²) < 4.78 is 10.4. The molecule has 0 radical (unpaired) electrons. The van der Waals surface area contributed by atoms with E-state index in [1.165, 1.54) is 28.5 Å². The predicted octanol–water partition coefficient (Wildman–Crippen LogP) is -2.31. The lowest BCUT2D eigenvalue weighted by Gasteiger charge is -2.27. The molecule has 0 aromatic rings. The lowest BCUT2D eigenvalue weighted by atomic mass is 10.1. The molecule has 0 aliphatic heterocycles. The van der Waals surface area contributed by atoms with Gasteiger partial charge < -0.3 is 50.5 Å². The summed E-state index contributed by atoms with van der Waals surface area (Å²) in [4.78, 5) is 61.0. The molecule has 8 N–H and O–H groups in total. The minimum absolute atomic E-state index is 0.00202. The van der Waals surface area contributed by atoms with Gasteiger partial charge in [0.1, 0.15) is 0 Å². The number of amides is 1. The van der Waals surface area contributed by atoms with E-state index >= 15 is 0 Å². The minimum atomic E-state index is -1.60. The molecule has 4 atom stereocenters. The van der Waals surface area contributed by atoms with Gasteiger partial charge in [-0.15, -0.1) is 0 Å². The van der Waals surface area contributed by atoms with Crippen LogP contribution in [0, 0.1) is 0 Å². The molecule has 0 saturated carbocycles. The fraction of sp³-hybridized carbons (Fsp3) is 0.815. The molecule has 0 aromatic heterocycles. The summed E-state index contributed by atoms with van der Waals surface area (Å²) in [6.07, 6.45) is -2.87. The standard InChI is InChI=1S/C27H50N4O14S/c1-3-5-20(19(2)32)45-27(43)26(42)44-11-4-12-46-13-6-28-21(33)14-30(16-23(36)37)9-7-29(15-22(34)35)8-10-31(17-24(38)39)18-25(40)41/h19-20,26-27,32,42-43H,3-18H2,1-2H3,(H,28,33)(H,34,35)(H,36,37)(H,38,39)(H,40,41)/t19-,20?,26+,27?/m0/s1. The number of carbonyl (C=O) groups excluding carboxylic acids is 1. The van der Waals surface area contributed by atoms with E-state index < -0.39 is 80.8 Å². The maximum absolute atomic E-state index is 12.4. The second-order valence-corrected chi connectivity index (χ2v) is 11.7. The van der Waals surface area contributed by atoms with E-state index in [2.05, 4.69) is 5.32 Å². The number of aliphatic carboxylic acids is 4. The van der Waals surface area contributed by atoms with Gasteiger partial charge in [-0.05, 0) is 25.5 Å². The van der Waals surface area contributed by atoms with E-state index in [1.54, 1.807) is 0 Å². The van der Waals surface area contributed by atoms with Crippen LogP contribution in [0.25, 0.3) is 0 Å². The summed E-state index contributed by atoms with van der Waals surface area (Å²) in [6, 6.07) is 0. The number of ether oxygens (including phenoxy) is 2. The second-order valence-electron chi connectivity index (χ2n) is 10.4. The maximum atomic E-state index is 12.4. The smallest absolute Gasteiger partial charge is 0.317 e. The largest absolute Gasteiger partial charge is 0.480 e. The Balaban J connectivity index is 4.55. The van der Waals surface area contributed by atoms with Crippen LogP contribution in [0.15, 0.2) is 0 Å². The molecule has 46 heavy (non-hydrogen) atoms. The molecule has 0 heterocycles. The number of carboxylic acid groups (broad SMARTS) is 4. The molecular formula is C27H50N4O14S. The Morgan fingerprint density at radius 3 is 1.67 bits per heavy atom. The molecule has 0 spiro atoms.